The van der Waals surface area contributed by atoms with Gasteiger partial charge >= 0.3 is 5.97 Å². The fourth-order valence-corrected chi connectivity index (χ4v) is 3.04. The van der Waals surface area contributed by atoms with E-state index in [0.717, 1.165) is 32.5 Å². The monoisotopic (exact) mass is 303 g/mol. The predicted octanol–water partition coefficient (Wildman–Crippen LogP) is 3.92. The predicted molar refractivity (Wildman–Crippen MR) is 84.9 cm³/mol. The zero-order chi connectivity index (χ0) is 15.6. The zero-order valence-electron chi connectivity index (χ0n) is 12.4. The van der Waals surface area contributed by atoms with E-state index < -0.39 is 5.97 Å². The Morgan fingerprint density at radius 2 is 2.10 bits per heavy atom. The van der Waals surface area contributed by atoms with Crippen molar-refractivity contribution in [3.8, 4) is 17.0 Å². The van der Waals surface area contributed by atoms with E-state index in [4.69, 9.17) is 9.84 Å². The average molecular weight is 303 g/mol. The van der Waals surface area contributed by atoms with Gasteiger partial charge in [0, 0.05) is 11.6 Å². The molecule has 2 rings (SSSR count). The van der Waals surface area contributed by atoms with Crippen molar-refractivity contribution in [1.29, 1.82) is 0 Å². The second-order valence-corrected chi connectivity index (χ2v) is 5.98. The Hall–Kier alpha value is -2.14. The topological polar surface area (TPSA) is 59.4 Å². The van der Waals surface area contributed by atoms with Gasteiger partial charge in [0.05, 0.1) is 22.7 Å². The van der Waals surface area contributed by atoms with Gasteiger partial charge in [-0.2, -0.15) is 0 Å². The number of benzene rings is 1. The van der Waals surface area contributed by atoms with Gasteiger partial charge < -0.3 is 9.84 Å². The highest BCUT2D eigenvalue weighted by molar-refractivity contribution is 7.13. The lowest BCUT2D eigenvalue weighted by Crippen LogP contribution is -1.93. The summed E-state index contributed by atoms with van der Waals surface area (Å²) in [4.78, 5) is 16.3. The van der Waals surface area contributed by atoms with Gasteiger partial charge in [-0.3, -0.25) is 0 Å². The molecular weight excluding hydrogens is 286 g/mol. The Morgan fingerprint density at radius 1 is 1.38 bits per heavy atom. The molecule has 0 spiro atoms. The van der Waals surface area contributed by atoms with Gasteiger partial charge in [-0.05, 0) is 38.5 Å². The minimum Gasteiger partial charge on any atom is -0.496 e. The summed E-state index contributed by atoms with van der Waals surface area (Å²) in [6, 6.07) is 5.88. The van der Waals surface area contributed by atoms with Gasteiger partial charge in [0.15, 0.2) is 0 Å². The summed E-state index contributed by atoms with van der Waals surface area (Å²) in [5.41, 5.74) is 3.44. The van der Waals surface area contributed by atoms with Gasteiger partial charge in [0.25, 0.3) is 0 Å². The number of carbonyl (C=O) groups is 1. The first-order chi connectivity index (χ1) is 9.92. The Bertz CT molecular complexity index is 716. The molecule has 0 aliphatic rings. The zero-order valence-corrected chi connectivity index (χ0v) is 13.2. The van der Waals surface area contributed by atoms with E-state index in [2.05, 4.69) is 4.98 Å². The van der Waals surface area contributed by atoms with Crippen molar-refractivity contribution in [3.63, 3.8) is 0 Å². The number of ether oxygens (including phenoxy) is 1. The Kier molecular flexibility index (Phi) is 4.43. The highest BCUT2D eigenvalue weighted by Gasteiger charge is 2.17. The molecule has 1 aromatic heterocycles. The third kappa shape index (κ3) is 3.31. The molecule has 0 atom stereocenters. The largest absolute Gasteiger partial charge is 0.496 e. The highest BCUT2D eigenvalue weighted by atomic mass is 32.1. The molecule has 0 fully saturated rings. The van der Waals surface area contributed by atoms with E-state index in [1.807, 2.05) is 32.0 Å². The second kappa shape index (κ2) is 6.10. The van der Waals surface area contributed by atoms with Crippen LogP contribution in [0.1, 0.15) is 22.4 Å². The molecule has 4 nitrogen and oxygen atoms in total. The Labute approximate surface area is 127 Å². The maximum absolute atomic E-state index is 10.9. The van der Waals surface area contributed by atoms with Crippen molar-refractivity contribution < 1.29 is 14.6 Å². The highest BCUT2D eigenvalue weighted by Crippen LogP contribution is 2.38. The molecule has 21 heavy (non-hydrogen) atoms. The lowest BCUT2D eigenvalue weighted by molar-refractivity contribution is -0.131. The molecule has 5 heteroatoms. The van der Waals surface area contributed by atoms with Crippen LogP contribution in [0.2, 0.25) is 0 Å². The maximum atomic E-state index is 10.9. The van der Waals surface area contributed by atoms with Crippen LogP contribution in [0, 0.1) is 13.8 Å². The smallest absolute Gasteiger partial charge is 0.328 e. The first kappa shape index (κ1) is 15.3. The number of hydrogen-bond donors (Lipinski definition) is 1. The average Bonchev–Trinajstić information content (AvgIpc) is 2.80. The molecule has 2 aromatic rings. The van der Waals surface area contributed by atoms with Crippen molar-refractivity contribution in [1.82, 2.24) is 4.98 Å². The van der Waals surface area contributed by atoms with Crippen LogP contribution in [0.5, 0.6) is 5.75 Å². The minimum absolute atomic E-state index is 0.687. The molecular formula is C16H17NO3S. The number of rotatable bonds is 4. The fourth-order valence-electron chi connectivity index (χ4n) is 2.13. The van der Waals surface area contributed by atoms with E-state index in [9.17, 15) is 4.79 Å². The van der Waals surface area contributed by atoms with Crippen LogP contribution < -0.4 is 4.74 Å². The molecule has 0 amide bonds. The van der Waals surface area contributed by atoms with E-state index in [1.54, 1.807) is 14.0 Å². The number of carboxylic acid groups (broad SMARTS) is 1. The Morgan fingerprint density at radius 3 is 2.71 bits per heavy atom. The Balaban J connectivity index is 2.65. The van der Waals surface area contributed by atoms with E-state index in [-0.39, 0.29) is 0 Å². The molecule has 1 aromatic carbocycles. The molecule has 0 radical (unpaired) electrons. The van der Waals surface area contributed by atoms with Crippen molar-refractivity contribution >= 4 is 22.9 Å². The van der Waals surface area contributed by atoms with Gasteiger partial charge in [0.2, 0.25) is 0 Å². The standard InChI is InChI=1S/C16H17NO3S/c1-9-5-6-13(20-4)12(7-9)15-16(21-11(3)17-15)10(2)8-14(18)19/h5-8H,1-4H3,(H,18,19)/b10-8+. The van der Waals surface area contributed by atoms with Crippen LogP contribution >= 0.6 is 11.3 Å². The fraction of sp³-hybridized carbons (Fsp3) is 0.250. The minimum atomic E-state index is -0.958. The molecule has 0 bridgehead atoms. The molecule has 0 aliphatic carbocycles. The third-order valence-electron chi connectivity index (χ3n) is 3.04. The summed E-state index contributed by atoms with van der Waals surface area (Å²) in [5.74, 6) is -0.226. The summed E-state index contributed by atoms with van der Waals surface area (Å²) < 4.78 is 5.41. The number of thiazole rings is 1. The van der Waals surface area contributed by atoms with E-state index in [0.29, 0.717) is 5.57 Å². The van der Waals surface area contributed by atoms with Crippen LogP contribution in [0.15, 0.2) is 24.3 Å². The van der Waals surface area contributed by atoms with Gasteiger partial charge in [-0.25, -0.2) is 9.78 Å². The number of carboxylic acids is 1. The van der Waals surface area contributed by atoms with Crippen molar-refractivity contribution in [2.75, 3.05) is 7.11 Å². The molecule has 0 saturated carbocycles. The summed E-state index contributed by atoms with van der Waals surface area (Å²) in [6.07, 6.45) is 1.21. The number of allylic oxidation sites excluding steroid dienone is 1. The van der Waals surface area contributed by atoms with Gasteiger partial charge in [0.1, 0.15) is 5.75 Å². The lowest BCUT2D eigenvalue weighted by Gasteiger charge is -2.09. The third-order valence-corrected chi connectivity index (χ3v) is 4.15. The van der Waals surface area contributed by atoms with Crippen LogP contribution in [0.25, 0.3) is 16.8 Å². The number of aliphatic carboxylic acids is 1. The number of methoxy groups -OCH3 is 1. The summed E-state index contributed by atoms with van der Waals surface area (Å²) in [6.45, 7) is 5.70. The second-order valence-electron chi connectivity index (χ2n) is 4.78. The van der Waals surface area contributed by atoms with Crippen LogP contribution in [-0.2, 0) is 4.79 Å². The molecule has 0 aliphatic heterocycles. The SMILES string of the molecule is COc1ccc(C)cc1-c1nc(C)sc1/C(C)=C/C(=O)O. The number of nitrogens with zero attached hydrogens (tertiary/aromatic N) is 1. The number of hydrogen-bond acceptors (Lipinski definition) is 4. The van der Waals surface area contributed by atoms with Crippen molar-refractivity contribution in [2.45, 2.75) is 20.8 Å². The van der Waals surface area contributed by atoms with Crippen LogP contribution in [0.3, 0.4) is 0 Å². The van der Waals surface area contributed by atoms with E-state index >= 15 is 0 Å². The van der Waals surface area contributed by atoms with Crippen LogP contribution in [-0.4, -0.2) is 23.2 Å². The molecule has 1 heterocycles. The van der Waals surface area contributed by atoms with Crippen molar-refractivity contribution in [3.05, 3.63) is 39.7 Å². The molecule has 1 N–H and O–H groups in total. The maximum Gasteiger partial charge on any atom is 0.328 e. The summed E-state index contributed by atoms with van der Waals surface area (Å²) in [7, 11) is 1.62. The molecule has 0 saturated heterocycles. The quantitative estimate of drug-likeness (QED) is 0.870. The van der Waals surface area contributed by atoms with E-state index in [1.165, 1.54) is 17.4 Å². The lowest BCUT2D eigenvalue weighted by atomic mass is 10.0. The summed E-state index contributed by atoms with van der Waals surface area (Å²) in [5, 5.41) is 9.83. The number of aromatic nitrogens is 1. The molecule has 0 unspecified atom stereocenters. The summed E-state index contributed by atoms with van der Waals surface area (Å²) >= 11 is 1.49. The van der Waals surface area contributed by atoms with Crippen molar-refractivity contribution in [2.24, 2.45) is 0 Å². The molecule has 110 valence electrons. The van der Waals surface area contributed by atoms with Gasteiger partial charge in [-0.15, -0.1) is 11.3 Å². The van der Waals surface area contributed by atoms with Gasteiger partial charge in [-0.1, -0.05) is 11.6 Å². The first-order valence-electron chi connectivity index (χ1n) is 6.46. The first-order valence-corrected chi connectivity index (χ1v) is 7.28. The number of aryl methyl sites for hydroxylation is 2. The van der Waals surface area contributed by atoms with Crippen LogP contribution in [0.4, 0.5) is 0 Å². The normalized spacial score (nSPS) is 11.5.